The van der Waals surface area contributed by atoms with Crippen LogP contribution in [0.4, 0.5) is 0 Å². The van der Waals surface area contributed by atoms with Crippen molar-refractivity contribution in [2.75, 3.05) is 0 Å². The van der Waals surface area contributed by atoms with Crippen molar-refractivity contribution >= 4 is 17.1 Å². The van der Waals surface area contributed by atoms with E-state index in [1.54, 1.807) is 0 Å². The third kappa shape index (κ3) is 2.31. The molecule has 0 saturated carbocycles. The van der Waals surface area contributed by atoms with E-state index in [1.165, 1.54) is 16.5 Å². The fourth-order valence-electron chi connectivity index (χ4n) is 2.65. The molecule has 0 saturated heterocycles. The van der Waals surface area contributed by atoms with E-state index in [-0.39, 0.29) is 0 Å². The van der Waals surface area contributed by atoms with E-state index in [0.717, 1.165) is 42.9 Å². The molecule has 2 rings (SSSR count). The van der Waals surface area contributed by atoms with Crippen LogP contribution in [0.1, 0.15) is 48.2 Å². The lowest BCUT2D eigenvalue weighted by molar-refractivity contribution is 0.112. The number of carbonyl (C=O) groups is 1. The molecule has 0 heterocycles. The van der Waals surface area contributed by atoms with Gasteiger partial charge in [-0.2, -0.15) is 0 Å². The molecule has 0 aliphatic carbocycles. The van der Waals surface area contributed by atoms with E-state index in [0.29, 0.717) is 0 Å². The van der Waals surface area contributed by atoms with E-state index in [9.17, 15) is 4.79 Å². The number of aldehydes is 1. The van der Waals surface area contributed by atoms with Gasteiger partial charge < -0.3 is 0 Å². The van der Waals surface area contributed by atoms with Gasteiger partial charge in [0.2, 0.25) is 0 Å². The Morgan fingerprint density at radius 1 is 1.06 bits per heavy atom. The van der Waals surface area contributed by atoms with Gasteiger partial charge in [-0.25, -0.2) is 0 Å². The summed E-state index contributed by atoms with van der Waals surface area (Å²) in [5.41, 5.74) is 3.51. The first-order valence-corrected chi connectivity index (χ1v) is 6.80. The molecule has 0 spiro atoms. The van der Waals surface area contributed by atoms with Crippen LogP contribution in [0.5, 0.6) is 0 Å². The SMILES string of the molecule is CCCc1cc2ccccc2c(C=O)c1CCC. The Balaban J connectivity index is 2.73. The zero-order valence-electron chi connectivity index (χ0n) is 11.2. The number of fused-ring (bicyclic) bond motifs is 1. The summed E-state index contributed by atoms with van der Waals surface area (Å²) < 4.78 is 0. The van der Waals surface area contributed by atoms with Crippen LogP contribution in [-0.4, -0.2) is 6.29 Å². The largest absolute Gasteiger partial charge is 0.298 e. The number of aryl methyl sites for hydroxylation is 1. The lowest BCUT2D eigenvalue weighted by Crippen LogP contribution is -2.01. The standard InChI is InChI=1S/C17H20O/c1-3-7-13-11-14-9-5-6-10-16(14)17(12-18)15(13)8-4-2/h5-6,9-12H,3-4,7-8H2,1-2H3. The molecule has 94 valence electrons. The second-order valence-electron chi connectivity index (χ2n) is 4.77. The summed E-state index contributed by atoms with van der Waals surface area (Å²) in [7, 11) is 0. The molecule has 0 bridgehead atoms. The van der Waals surface area contributed by atoms with Gasteiger partial charge in [-0.05, 0) is 34.7 Å². The Morgan fingerprint density at radius 2 is 1.78 bits per heavy atom. The maximum Gasteiger partial charge on any atom is 0.150 e. The van der Waals surface area contributed by atoms with Gasteiger partial charge >= 0.3 is 0 Å². The van der Waals surface area contributed by atoms with Crippen LogP contribution >= 0.6 is 0 Å². The summed E-state index contributed by atoms with van der Waals surface area (Å²) in [5, 5.41) is 2.28. The van der Waals surface area contributed by atoms with Crippen LogP contribution in [0.3, 0.4) is 0 Å². The second-order valence-corrected chi connectivity index (χ2v) is 4.77. The minimum absolute atomic E-state index is 0.901. The van der Waals surface area contributed by atoms with E-state index < -0.39 is 0 Å². The van der Waals surface area contributed by atoms with Crippen LogP contribution < -0.4 is 0 Å². The lowest BCUT2D eigenvalue weighted by Gasteiger charge is -2.14. The average Bonchev–Trinajstić information content (AvgIpc) is 2.40. The first kappa shape index (κ1) is 12.8. The maximum absolute atomic E-state index is 11.5. The number of hydrogen-bond donors (Lipinski definition) is 0. The highest BCUT2D eigenvalue weighted by molar-refractivity contribution is 6.00. The number of rotatable bonds is 5. The van der Waals surface area contributed by atoms with E-state index >= 15 is 0 Å². The zero-order chi connectivity index (χ0) is 13.0. The summed E-state index contributed by atoms with van der Waals surface area (Å²) in [6.07, 6.45) is 5.28. The maximum atomic E-state index is 11.5. The Hall–Kier alpha value is -1.63. The van der Waals surface area contributed by atoms with Crippen LogP contribution in [0, 0.1) is 0 Å². The molecule has 18 heavy (non-hydrogen) atoms. The Morgan fingerprint density at radius 3 is 2.44 bits per heavy atom. The average molecular weight is 240 g/mol. The highest BCUT2D eigenvalue weighted by atomic mass is 16.1. The van der Waals surface area contributed by atoms with Gasteiger partial charge in [0.25, 0.3) is 0 Å². The summed E-state index contributed by atoms with van der Waals surface area (Å²) in [4.78, 5) is 11.5. The predicted molar refractivity (Wildman–Crippen MR) is 77.3 cm³/mol. The second kappa shape index (κ2) is 5.81. The molecule has 0 fully saturated rings. The molecule has 1 heteroatoms. The molecule has 0 radical (unpaired) electrons. The Kier molecular flexibility index (Phi) is 4.14. The van der Waals surface area contributed by atoms with E-state index in [4.69, 9.17) is 0 Å². The van der Waals surface area contributed by atoms with Crippen molar-refractivity contribution in [2.45, 2.75) is 39.5 Å². The molecule has 0 aliphatic heterocycles. The summed E-state index contributed by atoms with van der Waals surface area (Å²) >= 11 is 0. The van der Waals surface area contributed by atoms with Crippen molar-refractivity contribution in [2.24, 2.45) is 0 Å². The van der Waals surface area contributed by atoms with Gasteiger partial charge in [0.1, 0.15) is 0 Å². The minimum atomic E-state index is 0.901. The fraction of sp³-hybridized carbons (Fsp3) is 0.353. The quantitative estimate of drug-likeness (QED) is 0.700. The van der Waals surface area contributed by atoms with Crippen LogP contribution in [-0.2, 0) is 12.8 Å². The number of carbonyl (C=O) groups excluding carboxylic acids is 1. The molecule has 2 aromatic carbocycles. The van der Waals surface area contributed by atoms with Crippen molar-refractivity contribution in [3.05, 3.63) is 47.0 Å². The topological polar surface area (TPSA) is 17.1 Å². The van der Waals surface area contributed by atoms with Gasteiger partial charge in [-0.15, -0.1) is 0 Å². The monoisotopic (exact) mass is 240 g/mol. The van der Waals surface area contributed by atoms with Crippen molar-refractivity contribution < 1.29 is 4.79 Å². The number of hydrogen-bond acceptors (Lipinski definition) is 1. The number of benzene rings is 2. The molecule has 0 aromatic heterocycles. The predicted octanol–water partition coefficient (Wildman–Crippen LogP) is 4.56. The highest BCUT2D eigenvalue weighted by Gasteiger charge is 2.11. The molecule has 0 N–H and O–H groups in total. The summed E-state index contributed by atoms with van der Waals surface area (Å²) in [6, 6.07) is 10.4. The van der Waals surface area contributed by atoms with Crippen LogP contribution in [0.25, 0.3) is 10.8 Å². The molecule has 0 amide bonds. The van der Waals surface area contributed by atoms with Crippen molar-refractivity contribution in [1.82, 2.24) is 0 Å². The fourth-order valence-corrected chi connectivity index (χ4v) is 2.65. The van der Waals surface area contributed by atoms with Gasteiger partial charge in [-0.3, -0.25) is 4.79 Å². The van der Waals surface area contributed by atoms with Crippen LogP contribution in [0.15, 0.2) is 30.3 Å². The summed E-state index contributed by atoms with van der Waals surface area (Å²) in [6.45, 7) is 4.35. The normalized spacial score (nSPS) is 10.8. The molecule has 1 nitrogen and oxygen atoms in total. The first-order chi connectivity index (χ1) is 8.81. The molecular weight excluding hydrogens is 220 g/mol. The highest BCUT2D eigenvalue weighted by Crippen LogP contribution is 2.27. The van der Waals surface area contributed by atoms with Gasteiger partial charge in [0.05, 0.1) is 0 Å². The van der Waals surface area contributed by atoms with Crippen molar-refractivity contribution in [3.8, 4) is 0 Å². The Labute approximate surface area is 109 Å². The smallest absolute Gasteiger partial charge is 0.150 e. The molecule has 0 aliphatic rings. The molecular formula is C17H20O. The molecule has 2 aromatic rings. The van der Waals surface area contributed by atoms with E-state index in [1.807, 2.05) is 18.2 Å². The van der Waals surface area contributed by atoms with Crippen molar-refractivity contribution in [3.63, 3.8) is 0 Å². The van der Waals surface area contributed by atoms with Crippen molar-refractivity contribution in [1.29, 1.82) is 0 Å². The third-order valence-corrected chi connectivity index (χ3v) is 3.43. The summed E-state index contributed by atoms with van der Waals surface area (Å²) in [5.74, 6) is 0. The van der Waals surface area contributed by atoms with Crippen LogP contribution in [0.2, 0.25) is 0 Å². The molecule has 0 atom stereocenters. The first-order valence-electron chi connectivity index (χ1n) is 6.80. The van der Waals surface area contributed by atoms with Gasteiger partial charge in [-0.1, -0.05) is 57.0 Å². The minimum Gasteiger partial charge on any atom is -0.298 e. The van der Waals surface area contributed by atoms with Gasteiger partial charge in [0, 0.05) is 5.56 Å². The van der Waals surface area contributed by atoms with E-state index in [2.05, 4.69) is 26.0 Å². The third-order valence-electron chi connectivity index (χ3n) is 3.43. The Bertz CT molecular complexity index is 555. The van der Waals surface area contributed by atoms with Gasteiger partial charge in [0.15, 0.2) is 6.29 Å². The zero-order valence-corrected chi connectivity index (χ0v) is 11.2. The lowest BCUT2D eigenvalue weighted by atomic mass is 9.90. The molecule has 0 unspecified atom stereocenters.